The van der Waals surface area contributed by atoms with Gasteiger partial charge in [0.1, 0.15) is 0 Å². The molecular formula is C7H15NO3. The highest BCUT2D eigenvalue weighted by Crippen LogP contribution is 1.76. The summed E-state index contributed by atoms with van der Waals surface area (Å²) in [4.78, 5) is 9.75. The standard InChI is InChI=1S/C7H15NO3/c1-2-10-5-6-11-4-3-8-7-9/h7H,2-6H2,1H3,(H,8,9). The minimum Gasteiger partial charge on any atom is -0.379 e. The van der Waals surface area contributed by atoms with Crippen molar-refractivity contribution >= 4 is 6.41 Å². The predicted molar refractivity (Wildman–Crippen MR) is 41.4 cm³/mol. The van der Waals surface area contributed by atoms with Crippen molar-refractivity contribution in [2.24, 2.45) is 0 Å². The largest absolute Gasteiger partial charge is 0.379 e. The quantitative estimate of drug-likeness (QED) is 0.395. The van der Waals surface area contributed by atoms with Crippen molar-refractivity contribution in [2.75, 3.05) is 33.0 Å². The molecule has 0 aromatic heterocycles. The van der Waals surface area contributed by atoms with E-state index in [0.29, 0.717) is 32.8 Å². The molecule has 1 N–H and O–H groups in total. The van der Waals surface area contributed by atoms with Crippen molar-refractivity contribution in [3.05, 3.63) is 0 Å². The maximum Gasteiger partial charge on any atom is 0.207 e. The van der Waals surface area contributed by atoms with Gasteiger partial charge < -0.3 is 14.8 Å². The normalized spacial score (nSPS) is 9.55. The zero-order chi connectivity index (χ0) is 8.36. The van der Waals surface area contributed by atoms with E-state index in [1.807, 2.05) is 6.92 Å². The Balaban J connectivity index is 2.74. The van der Waals surface area contributed by atoms with Crippen LogP contribution in [-0.4, -0.2) is 39.4 Å². The predicted octanol–water partition coefficient (Wildman–Crippen LogP) is -0.215. The number of hydrogen-bond donors (Lipinski definition) is 1. The number of amides is 1. The van der Waals surface area contributed by atoms with Crippen LogP contribution in [0.5, 0.6) is 0 Å². The Morgan fingerprint density at radius 3 is 2.64 bits per heavy atom. The lowest BCUT2D eigenvalue weighted by Gasteiger charge is -2.02. The molecule has 4 nitrogen and oxygen atoms in total. The molecule has 0 fully saturated rings. The van der Waals surface area contributed by atoms with Gasteiger partial charge in [-0.15, -0.1) is 0 Å². The molecule has 0 aromatic rings. The van der Waals surface area contributed by atoms with Crippen LogP contribution in [0.4, 0.5) is 0 Å². The Kier molecular flexibility index (Phi) is 8.87. The van der Waals surface area contributed by atoms with E-state index in [0.717, 1.165) is 6.61 Å². The fourth-order valence-electron chi connectivity index (χ4n) is 0.554. The molecule has 0 aromatic carbocycles. The van der Waals surface area contributed by atoms with E-state index in [4.69, 9.17) is 9.47 Å². The molecule has 0 saturated carbocycles. The molecule has 0 unspecified atom stereocenters. The van der Waals surface area contributed by atoms with Gasteiger partial charge in [-0.25, -0.2) is 0 Å². The summed E-state index contributed by atoms with van der Waals surface area (Å²) in [6.07, 6.45) is 0.659. The molecule has 0 atom stereocenters. The first-order valence-electron chi connectivity index (χ1n) is 3.74. The lowest BCUT2D eigenvalue weighted by Crippen LogP contribution is -2.18. The third-order valence-electron chi connectivity index (χ3n) is 1.05. The molecule has 0 aliphatic heterocycles. The van der Waals surface area contributed by atoms with Gasteiger partial charge in [-0.2, -0.15) is 0 Å². The number of carbonyl (C=O) groups excluding carboxylic acids is 1. The molecule has 0 saturated heterocycles. The van der Waals surface area contributed by atoms with Crippen molar-refractivity contribution < 1.29 is 14.3 Å². The van der Waals surface area contributed by atoms with E-state index >= 15 is 0 Å². The van der Waals surface area contributed by atoms with Crippen LogP contribution in [0, 0.1) is 0 Å². The van der Waals surface area contributed by atoms with E-state index in [2.05, 4.69) is 5.32 Å². The fourth-order valence-corrected chi connectivity index (χ4v) is 0.554. The Morgan fingerprint density at radius 2 is 2.00 bits per heavy atom. The summed E-state index contributed by atoms with van der Waals surface area (Å²) in [5.74, 6) is 0. The second-order valence-electron chi connectivity index (χ2n) is 1.88. The number of rotatable bonds is 8. The zero-order valence-electron chi connectivity index (χ0n) is 6.84. The average molecular weight is 161 g/mol. The molecule has 0 spiro atoms. The van der Waals surface area contributed by atoms with E-state index in [1.165, 1.54) is 0 Å². The van der Waals surface area contributed by atoms with Crippen molar-refractivity contribution in [3.8, 4) is 0 Å². The SMILES string of the molecule is CCOCCOCCNC=O. The van der Waals surface area contributed by atoms with Crippen LogP contribution in [0.1, 0.15) is 6.92 Å². The summed E-state index contributed by atoms with van der Waals surface area (Å²) in [5.41, 5.74) is 0. The van der Waals surface area contributed by atoms with E-state index in [9.17, 15) is 4.79 Å². The van der Waals surface area contributed by atoms with Gasteiger partial charge in [-0.3, -0.25) is 4.79 Å². The van der Waals surface area contributed by atoms with Gasteiger partial charge in [-0.1, -0.05) is 0 Å². The highest BCUT2D eigenvalue weighted by molar-refractivity contribution is 5.45. The molecule has 0 heterocycles. The minimum atomic E-state index is 0.547. The maximum absolute atomic E-state index is 9.75. The molecule has 0 bridgehead atoms. The highest BCUT2D eigenvalue weighted by atomic mass is 16.5. The number of ether oxygens (including phenoxy) is 2. The highest BCUT2D eigenvalue weighted by Gasteiger charge is 1.86. The molecule has 0 aliphatic rings. The second-order valence-corrected chi connectivity index (χ2v) is 1.88. The van der Waals surface area contributed by atoms with Crippen molar-refractivity contribution in [2.45, 2.75) is 6.92 Å². The first-order valence-corrected chi connectivity index (χ1v) is 3.74. The minimum absolute atomic E-state index is 0.547. The second kappa shape index (κ2) is 9.39. The van der Waals surface area contributed by atoms with E-state index in [-0.39, 0.29) is 0 Å². The monoisotopic (exact) mass is 161 g/mol. The van der Waals surface area contributed by atoms with Crippen LogP contribution in [0.25, 0.3) is 0 Å². The van der Waals surface area contributed by atoms with E-state index < -0.39 is 0 Å². The summed E-state index contributed by atoms with van der Waals surface area (Å²) in [6, 6.07) is 0. The molecule has 11 heavy (non-hydrogen) atoms. The van der Waals surface area contributed by atoms with Crippen LogP contribution in [0.2, 0.25) is 0 Å². The topological polar surface area (TPSA) is 47.6 Å². The molecule has 4 heteroatoms. The summed E-state index contributed by atoms with van der Waals surface area (Å²) in [6.45, 7) is 4.98. The Labute approximate surface area is 66.9 Å². The number of carbonyl (C=O) groups is 1. The van der Waals surface area contributed by atoms with Gasteiger partial charge in [0.15, 0.2) is 0 Å². The summed E-state index contributed by atoms with van der Waals surface area (Å²) in [7, 11) is 0. The van der Waals surface area contributed by atoms with Gasteiger partial charge in [-0.05, 0) is 6.92 Å². The fraction of sp³-hybridized carbons (Fsp3) is 0.857. The lowest BCUT2D eigenvalue weighted by atomic mass is 10.7. The van der Waals surface area contributed by atoms with Crippen LogP contribution in [0.3, 0.4) is 0 Å². The van der Waals surface area contributed by atoms with Crippen molar-refractivity contribution in [1.29, 1.82) is 0 Å². The molecular weight excluding hydrogens is 146 g/mol. The average Bonchev–Trinajstić information content (AvgIpc) is 2.03. The molecule has 0 rings (SSSR count). The van der Waals surface area contributed by atoms with Crippen molar-refractivity contribution in [3.63, 3.8) is 0 Å². The third-order valence-corrected chi connectivity index (χ3v) is 1.05. The molecule has 0 radical (unpaired) electrons. The van der Waals surface area contributed by atoms with Gasteiger partial charge in [0, 0.05) is 13.2 Å². The summed E-state index contributed by atoms with van der Waals surface area (Å²) >= 11 is 0. The van der Waals surface area contributed by atoms with E-state index in [1.54, 1.807) is 0 Å². The van der Waals surface area contributed by atoms with Gasteiger partial charge in [0.05, 0.1) is 19.8 Å². The first kappa shape index (κ1) is 10.4. The van der Waals surface area contributed by atoms with Crippen LogP contribution < -0.4 is 5.32 Å². The summed E-state index contributed by atoms with van der Waals surface area (Å²) in [5, 5.41) is 2.49. The van der Waals surface area contributed by atoms with Crippen LogP contribution in [0.15, 0.2) is 0 Å². The molecule has 66 valence electrons. The number of hydrogen-bond acceptors (Lipinski definition) is 3. The van der Waals surface area contributed by atoms with Crippen LogP contribution in [-0.2, 0) is 14.3 Å². The molecule has 0 aliphatic carbocycles. The van der Waals surface area contributed by atoms with Gasteiger partial charge >= 0.3 is 0 Å². The lowest BCUT2D eigenvalue weighted by molar-refractivity contribution is -0.109. The Morgan fingerprint density at radius 1 is 1.27 bits per heavy atom. The zero-order valence-corrected chi connectivity index (χ0v) is 6.84. The Hall–Kier alpha value is -0.610. The Bertz CT molecular complexity index is 87.8. The summed E-state index contributed by atoms with van der Waals surface area (Å²) < 4.78 is 10.1. The smallest absolute Gasteiger partial charge is 0.207 e. The third kappa shape index (κ3) is 9.39. The first-order chi connectivity index (χ1) is 5.41. The number of nitrogens with one attached hydrogen (secondary N) is 1. The van der Waals surface area contributed by atoms with Gasteiger partial charge in [0.25, 0.3) is 0 Å². The van der Waals surface area contributed by atoms with Crippen LogP contribution >= 0.6 is 0 Å². The van der Waals surface area contributed by atoms with Gasteiger partial charge in [0.2, 0.25) is 6.41 Å². The maximum atomic E-state index is 9.75. The van der Waals surface area contributed by atoms with Crippen molar-refractivity contribution in [1.82, 2.24) is 5.32 Å². The molecule has 1 amide bonds.